The predicted molar refractivity (Wildman–Crippen MR) is 99.5 cm³/mol. The number of hydrogen-bond donors (Lipinski definition) is 0. The van der Waals surface area contributed by atoms with Gasteiger partial charge in [0.05, 0.1) is 10.6 Å². The van der Waals surface area contributed by atoms with Gasteiger partial charge in [0.15, 0.2) is 0 Å². The van der Waals surface area contributed by atoms with Gasteiger partial charge < -0.3 is 4.90 Å². The zero-order valence-corrected chi connectivity index (χ0v) is 15.7. The second kappa shape index (κ2) is 6.19. The van der Waals surface area contributed by atoms with E-state index in [2.05, 4.69) is 0 Å². The molecule has 6 heteroatoms. The summed E-state index contributed by atoms with van der Waals surface area (Å²) >= 11 is 0. The van der Waals surface area contributed by atoms with E-state index in [-0.39, 0.29) is 16.8 Å². The summed E-state index contributed by atoms with van der Waals surface area (Å²) < 4.78 is 27.3. The molecule has 1 aliphatic rings. The number of anilines is 2. The van der Waals surface area contributed by atoms with E-state index in [9.17, 15) is 13.2 Å². The Morgan fingerprint density at radius 1 is 1.20 bits per heavy atom. The average Bonchev–Trinajstić information content (AvgIpc) is 2.89. The molecule has 0 saturated carbocycles. The van der Waals surface area contributed by atoms with Gasteiger partial charge in [-0.3, -0.25) is 9.10 Å². The molecule has 132 valence electrons. The number of amides is 1. The maximum absolute atomic E-state index is 13.0. The van der Waals surface area contributed by atoms with E-state index < -0.39 is 10.0 Å². The number of nitrogens with zero attached hydrogens (tertiary/aromatic N) is 2. The average molecular weight is 358 g/mol. The fourth-order valence-electron chi connectivity index (χ4n) is 3.37. The van der Waals surface area contributed by atoms with Crippen LogP contribution < -0.4 is 9.21 Å². The number of carbonyl (C=O) groups excluding carboxylic acids is 1. The Bertz CT molecular complexity index is 937. The first-order chi connectivity index (χ1) is 11.7. The Labute approximate surface area is 148 Å². The van der Waals surface area contributed by atoms with Crippen molar-refractivity contribution >= 4 is 27.3 Å². The zero-order chi connectivity index (χ0) is 18.4. The third-order valence-corrected chi connectivity index (χ3v) is 6.41. The highest BCUT2D eigenvalue weighted by Crippen LogP contribution is 2.35. The van der Waals surface area contributed by atoms with Crippen LogP contribution in [0, 0.1) is 6.92 Å². The topological polar surface area (TPSA) is 57.7 Å². The summed E-state index contributed by atoms with van der Waals surface area (Å²) in [4.78, 5) is 13.8. The van der Waals surface area contributed by atoms with Crippen molar-refractivity contribution in [1.29, 1.82) is 0 Å². The van der Waals surface area contributed by atoms with Crippen molar-refractivity contribution in [3.63, 3.8) is 0 Å². The molecule has 0 radical (unpaired) electrons. The van der Waals surface area contributed by atoms with E-state index in [4.69, 9.17) is 0 Å². The summed E-state index contributed by atoms with van der Waals surface area (Å²) in [6, 6.07) is 12.4. The molecule has 0 fully saturated rings. The Morgan fingerprint density at radius 2 is 1.92 bits per heavy atom. The molecular weight excluding hydrogens is 336 g/mol. The smallest absolute Gasteiger partial charge is 0.264 e. The van der Waals surface area contributed by atoms with Gasteiger partial charge in [-0.1, -0.05) is 12.1 Å². The molecule has 3 rings (SSSR count). The van der Waals surface area contributed by atoms with Crippen molar-refractivity contribution in [3.8, 4) is 0 Å². The SMILES string of the molecule is CC(=O)N1c2ccc(S(=O)(=O)N(C)c3cccc(C)c3)cc2C[C@H]1C. The Hall–Kier alpha value is -2.34. The number of fused-ring (bicyclic) bond motifs is 1. The monoisotopic (exact) mass is 358 g/mol. The van der Waals surface area contributed by atoms with Crippen LogP contribution in [0.15, 0.2) is 47.4 Å². The maximum Gasteiger partial charge on any atom is 0.264 e. The summed E-state index contributed by atoms with van der Waals surface area (Å²) in [5.74, 6) is -0.0289. The van der Waals surface area contributed by atoms with E-state index in [1.807, 2.05) is 32.0 Å². The minimum absolute atomic E-state index is 0.0289. The summed E-state index contributed by atoms with van der Waals surface area (Å²) in [6.07, 6.45) is 0.659. The third-order valence-electron chi connectivity index (χ3n) is 4.63. The minimum atomic E-state index is -3.66. The lowest BCUT2D eigenvalue weighted by atomic mass is 10.1. The molecule has 1 amide bonds. The molecule has 1 aliphatic heterocycles. The molecule has 25 heavy (non-hydrogen) atoms. The van der Waals surface area contributed by atoms with Gasteiger partial charge in [-0.25, -0.2) is 8.42 Å². The quantitative estimate of drug-likeness (QED) is 0.847. The van der Waals surface area contributed by atoms with Crippen molar-refractivity contribution < 1.29 is 13.2 Å². The normalized spacial score (nSPS) is 16.6. The van der Waals surface area contributed by atoms with Crippen LogP contribution in [-0.2, 0) is 21.2 Å². The zero-order valence-electron chi connectivity index (χ0n) is 14.9. The van der Waals surface area contributed by atoms with E-state index in [1.165, 1.54) is 11.2 Å². The number of carbonyl (C=O) groups is 1. The van der Waals surface area contributed by atoms with Crippen LogP contribution >= 0.6 is 0 Å². The van der Waals surface area contributed by atoms with Gasteiger partial charge in [0.25, 0.3) is 10.0 Å². The Kier molecular flexibility index (Phi) is 4.33. The van der Waals surface area contributed by atoms with Gasteiger partial charge in [0, 0.05) is 25.7 Å². The standard InChI is InChI=1S/C19H22N2O3S/c1-13-6-5-7-17(10-13)20(4)25(23,24)18-8-9-19-16(12-18)11-14(2)21(19)15(3)22/h5-10,12,14H,11H2,1-4H3/t14-/m1/s1. The maximum atomic E-state index is 13.0. The highest BCUT2D eigenvalue weighted by molar-refractivity contribution is 7.92. The second-order valence-corrected chi connectivity index (χ2v) is 8.51. The lowest BCUT2D eigenvalue weighted by Crippen LogP contribution is -2.33. The number of aryl methyl sites for hydroxylation is 1. The van der Waals surface area contributed by atoms with Crippen LogP contribution in [0.4, 0.5) is 11.4 Å². The van der Waals surface area contributed by atoms with Crippen molar-refractivity contribution in [2.24, 2.45) is 0 Å². The summed E-state index contributed by atoms with van der Waals surface area (Å²) in [5.41, 5.74) is 3.32. The van der Waals surface area contributed by atoms with Gasteiger partial charge >= 0.3 is 0 Å². The molecule has 1 heterocycles. The lowest BCUT2D eigenvalue weighted by molar-refractivity contribution is -0.116. The van der Waals surface area contributed by atoms with Gasteiger partial charge in [-0.2, -0.15) is 0 Å². The van der Waals surface area contributed by atoms with E-state index in [1.54, 1.807) is 36.2 Å². The van der Waals surface area contributed by atoms with Crippen LogP contribution in [0.1, 0.15) is 25.0 Å². The van der Waals surface area contributed by atoms with Crippen LogP contribution in [0.25, 0.3) is 0 Å². The lowest BCUT2D eigenvalue weighted by Gasteiger charge is -2.22. The largest absolute Gasteiger partial charge is 0.309 e. The van der Waals surface area contributed by atoms with E-state index >= 15 is 0 Å². The molecule has 0 bridgehead atoms. The first-order valence-electron chi connectivity index (χ1n) is 8.20. The van der Waals surface area contributed by atoms with Gasteiger partial charge in [-0.15, -0.1) is 0 Å². The highest BCUT2D eigenvalue weighted by Gasteiger charge is 2.31. The molecule has 0 aromatic heterocycles. The number of rotatable bonds is 3. The van der Waals surface area contributed by atoms with Gasteiger partial charge in [0.1, 0.15) is 0 Å². The number of sulfonamides is 1. The van der Waals surface area contributed by atoms with E-state index in [0.29, 0.717) is 12.1 Å². The van der Waals surface area contributed by atoms with Crippen LogP contribution in [0.2, 0.25) is 0 Å². The molecule has 0 spiro atoms. The molecule has 2 aromatic carbocycles. The van der Waals surface area contributed by atoms with Crippen molar-refractivity contribution in [3.05, 3.63) is 53.6 Å². The van der Waals surface area contributed by atoms with Crippen molar-refractivity contribution in [2.75, 3.05) is 16.3 Å². The van der Waals surface area contributed by atoms with Crippen molar-refractivity contribution in [2.45, 2.75) is 38.1 Å². The molecule has 2 aromatic rings. The second-order valence-electron chi connectivity index (χ2n) is 6.54. The third kappa shape index (κ3) is 3.02. The van der Waals surface area contributed by atoms with Gasteiger partial charge in [-0.05, 0) is 61.7 Å². The van der Waals surface area contributed by atoms with Crippen LogP contribution in [-0.4, -0.2) is 27.4 Å². The molecule has 5 nitrogen and oxygen atoms in total. The Morgan fingerprint density at radius 3 is 2.56 bits per heavy atom. The summed E-state index contributed by atoms with van der Waals surface area (Å²) in [7, 11) is -2.10. The Balaban J connectivity index is 2.00. The summed E-state index contributed by atoms with van der Waals surface area (Å²) in [6.45, 7) is 5.42. The molecular formula is C19H22N2O3S. The first-order valence-corrected chi connectivity index (χ1v) is 9.64. The molecule has 0 unspecified atom stereocenters. The molecule has 0 saturated heterocycles. The molecule has 0 N–H and O–H groups in total. The van der Waals surface area contributed by atoms with Crippen molar-refractivity contribution in [1.82, 2.24) is 0 Å². The molecule has 1 atom stereocenters. The number of hydrogen-bond acceptors (Lipinski definition) is 3. The highest BCUT2D eigenvalue weighted by atomic mass is 32.2. The fourth-order valence-corrected chi connectivity index (χ4v) is 4.61. The molecule has 0 aliphatic carbocycles. The van der Waals surface area contributed by atoms with E-state index in [0.717, 1.165) is 16.8 Å². The number of benzene rings is 2. The minimum Gasteiger partial charge on any atom is -0.309 e. The first kappa shape index (κ1) is 17.5. The van der Waals surface area contributed by atoms with Gasteiger partial charge in [0.2, 0.25) is 5.91 Å². The summed E-state index contributed by atoms with van der Waals surface area (Å²) in [5, 5.41) is 0. The predicted octanol–water partition coefficient (Wildman–Crippen LogP) is 3.12. The fraction of sp³-hybridized carbons (Fsp3) is 0.316. The van der Waals surface area contributed by atoms with Crippen LogP contribution in [0.3, 0.4) is 0 Å². The van der Waals surface area contributed by atoms with Crippen LogP contribution in [0.5, 0.6) is 0 Å².